The Morgan fingerprint density at radius 2 is 1.91 bits per heavy atom. The van der Waals surface area contributed by atoms with E-state index in [1.807, 2.05) is 41.2 Å². The Hall–Kier alpha value is -2.83. The number of carbonyl (C=O) groups is 2. The fourth-order valence-electron chi connectivity index (χ4n) is 2.04. The lowest BCUT2D eigenvalue weighted by atomic mass is 10.2. The predicted octanol–water partition coefficient (Wildman–Crippen LogP) is 1.60. The van der Waals surface area contributed by atoms with E-state index in [-0.39, 0.29) is 12.5 Å². The van der Waals surface area contributed by atoms with Gasteiger partial charge in [0.25, 0.3) is 0 Å². The second kappa shape index (κ2) is 8.57. The van der Waals surface area contributed by atoms with Crippen LogP contribution < -0.4 is 10.6 Å². The number of hydrogen-bond donors (Lipinski definition) is 3. The number of benzene rings is 1. The molecular weight excluding hydrogens is 296 g/mol. The molecule has 1 heterocycles. The van der Waals surface area contributed by atoms with Crippen LogP contribution >= 0.6 is 0 Å². The lowest BCUT2D eigenvalue weighted by Crippen LogP contribution is -2.35. The largest absolute Gasteiger partial charge is 0.481 e. The fraction of sp³-hybridized carbons (Fsp3) is 0.312. The molecule has 0 radical (unpaired) electrons. The Labute approximate surface area is 134 Å². The van der Waals surface area contributed by atoms with Gasteiger partial charge in [-0.3, -0.25) is 9.48 Å². The molecule has 122 valence electrons. The standard InChI is InChI=1S/C16H20N4O3/c21-15(22)7-4-8-17-16(23)18-9-14-10-19-20(12-14)11-13-5-2-1-3-6-13/h1-3,5-6,10,12H,4,7-9,11H2,(H,21,22)(H2,17,18,23). The molecule has 0 aliphatic carbocycles. The second-order valence-corrected chi connectivity index (χ2v) is 5.14. The number of carboxylic acid groups (broad SMARTS) is 1. The van der Waals surface area contributed by atoms with Gasteiger partial charge in [0.2, 0.25) is 0 Å². The van der Waals surface area contributed by atoms with Gasteiger partial charge in [0.1, 0.15) is 0 Å². The van der Waals surface area contributed by atoms with Gasteiger partial charge < -0.3 is 15.7 Å². The molecule has 7 nitrogen and oxygen atoms in total. The van der Waals surface area contributed by atoms with Crippen molar-refractivity contribution in [3.05, 3.63) is 53.9 Å². The molecule has 1 aromatic heterocycles. The Kier molecular flexibility index (Phi) is 6.17. The third-order valence-electron chi connectivity index (χ3n) is 3.18. The van der Waals surface area contributed by atoms with E-state index in [0.717, 1.165) is 11.1 Å². The normalized spacial score (nSPS) is 10.3. The molecule has 7 heteroatoms. The second-order valence-electron chi connectivity index (χ2n) is 5.14. The maximum absolute atomic E-state index is 11.6. The molecule has 3 N–H and O–H groups in total. The Bertz CT molecular complexity index is 640. The molecule has 0 spiro atoms. The fourth-order valence-corrected chi connectivity index (χ4v) is 2.04. The summed E-state index contributed by atoms with van der Waals surface area (Å²) in [5, 5.41) is 18.1. The van der Waals surface area contributed by atoms with Crippen LogP contribution in [-0.4, -0.2) is 33.4 Å². The zero-order valence-electron chi connectivity index (χ0n) is 12.7. The Morgan fingerprint density at radius 1 is 1.13 bits per heavy atom. The molecule has 0 bridgehead atoms. The first-order valence-electron chi connectivity index (χ1n) is 7.42. The molecule has 0 atom stereocenters. The molecule has 23 heavy (non-hydrogen) atoms. The van der Waals surface area contributed by atoms with Crippen LogP contribution in [0, 0.1) is 0 Å². The Balaban J connectivity index is 1.70. The third kappa shape index (κ3) is 6.21. The summed E-state index contributed by atoms with van der Waals surface area (Å²) >= 11 is 0. The highest BCUT2D eigenvalue weighted by Gasteiger charge is 2.03. The molecule has 0 saturated heterocycles. The van der Waals surface area contributed by atoms with Gasteiger partial charge in [-0.15, -0.1) is 0 Å². The topological polar surface area (TPSA) is 96.2 Å². The number of urea groups is 1. The first kappa shape index (κ1) is 16.5. The quantitative estimate of drug-likeness (QED) is 0.644. The van der Waals surface area contributed by atoms with Crippen molar-refractivity contribution in [2.75, 3.05) is 6.54 Å². The van der Waals surface area contributed by atoms with Crippen LogP contribution in [0.1, 0.15) is 24.0 Å². The third-order valence-corrected chi connectivity index (χ3v) is 3.18. The van der Waals surface area contributed by atoms with Crippen molar-refractivity contribution in [1.29, 1.82) is 0 Å². The molecular formula is C16H20N4O3. The summed E-state index contributed by atoms with van der Waals surface area (Å²) in [6.45, 7) is 1.40. The van der Waals surface area contributed by atoms with Crippen molar-refractivity contribution in [1.82, 2.24) is 20.4 Å². The van der Waals surface area contributed by atoms with Crippen molar-refractivity contribution in [2.24, 2.45) is 0 Å². The SMILES string of the molecule is O=C(O)CCCNC(=O)NCc1cnn(Cc2ccccc2)c1. The highest BCUT2D eigenvalue weighted by Crippen LogP contribution is 2.03. The van der Waals surface area contributed by atoms with Crippen molar-refractivity contribution in [3.63, 3.8) is 0 Å². The van der Waals surface area contributed by atoms with Gasteiger partial charge in [-0.2, -0.15) is 5.10 Å². The number of carboxylic acids is 1. The summed E-state index contributed by atoms with van der Waals surface area (Å²) < 4.78 is 1.82. The minimum absolute atomic E-state index is 0.0482. The summed E-state index contributed by atoms with van der Waals surface area (Å²) in [5.41, 5.74) is 2.06. The van der Waals surface area contributed by atoms with Gasteiger partial charge in [0.15, 0.2) is 0 Å². The number of nitrogens with one attached hydrogen (secondary N) is 2. The van der Waals surface area contributed by atoms with Gasteiger partial charge in [0, 0.05) is 31.3 Å². The highest BCUT2D eigenvalue weighted by molar-refractivity contribution is 5.73. The number of nitrogens with zero attached hydrogens (tertiary/aromatic N) is 2. The average molecular weight is 316 g/mol. The maximum atomic E-state index is 11.6. The van der Waals surface area contributed by atoms with Crippen LogP contribution in [0.4, 0.5) is 4.79 Å². The molecule has 0 unspecified atom stereocenters. The Morgan fingerprint density at radius 3 is 2.65 bits per heavy atom. The lowest BCUT2D eigenvalue weighted by Gasteiger charge is -2.05. The minimum Gasteiger partial charge on any atom is -0.481 e. The minimum atomic E-state index is -0.863. The zero-order valence-corrected chi connectivity index (χ0v) is 12.7. The number of carbonyl (C=O) groups excluding carboxylic acids is 1. The van der Waals surface area contributed by atoms with Crippen molar-refractivity contribution in [2.45, 2.75) is 25.9 Å². The first-order chi connectivity index (χ1) is 11.1. The van der Waals surface area contributed by atoms with Crippen LogP contribution in [-0.2, 0) is 17.9 Å². The van der Waals surface area contributed by atoms with Crippen LogP contribution in [0.25, 0.3) is 0 Å². The molecule has 2 aromatic rings. The number of aliphatic carboxylic acids is 1. The van der Waals surface area contributed by atoms with Crippen LogP contribution in [0.3, 0.4) is 0 Å². The van der Waals surface area contributed by atoms with E-state index in [1.165, 1.54) is 0 Å². The lowest BCUT2D eigenvalue weighted by molar-refractivity contribution is -0.137. The average Bonchev–Trinajstić information content (AvgIpc) is 2.98. The molecule has 1 aromatic carbocycles. The zero-order chi connectivity index (χ0) is 16.5. The summed E-state index contributed by atoms with van der Waals surface area (Å²) in [7, 11) is 0. The molecule has 0 saturated carbocycles. The summed E-state index contributed by atoms with van der Waals surface area (Å²) in [4.78, 5) is 21.9. The maximum Gasteiger partial charge on any atom is 0.315 e. The first-order valence-corrected chi connectivity index (χ1v) is 7.42. The van der Waals surface area contributed by atoms with E-state index >= 15 is 0 Å². The molecule has 2 rings (SSSR count). The van der Waals surface area contributed by atoms with E-state index in [2.05, 4.69) is 15.7 Å². The van der Waals surface area contributed by atoms with Gasteiger partial charge in [-0.05, 0) is 12.0 Å². The smallest absolute Gasteiger partial charge is 0.315 e. The highest BCUT2D eigenvalue weighted by atomic mass is 16.4. The van der Waals surface area contributed by atoms with Gasteiger partial charge in [-0.1, -0.05) is 30.3 Å². The van der Waals surface area contributed by atoms with E-state index in [9.17, 15) is 9.59 Å². The number of aromatic nitrogens is 2. The van der Waals surface area contributed by atoms with E-state index in [1.54, 1.807) is 6.20 Å². The molecule has 0 aliphatic rings. The predicted molar refractivity (Wildman–Crippen MR) is 84.9 cm³/mol. The number of amides is 2. The summed E-state index contributed by atoms with van der Waals surface area (Å²) in [5.74, 6) is -0.863. The van der Waals surface area contributed by atoms with E-state index < -0.39 is 5.97 Å². The van der Waals surface area contributed by atoms with Gasteiger partial charge in [-0.25, -0.2) is 4.79 Å². The molecule has 2 amide bonds. The number of rotatable bonds is 8. The van der Waals surface area contributed by atoms with E-state index in [0.29, 0.717) is 26.1 Å². The summed E-state index contributed by atoms with van der Waals surface area (Å²) in [6.07, 6.45) is 4.07. The van der Waals surface area contributed by atoms with Crippen LogP contribution in [0.2, 0.25) is 0 Å². The molecule has 0 fully saturated rings. The van der Waals surface area contributed by atoms with Crippen molar-refractivity contribution >= 4 is 12.0 Å². The summed E-state index contributed by atoms with van der Waals surface area (Å²) in [6, 6.07) is 9.68. The van der Waals surface area contributed by atoms with Crippen molar-refractivity contribution < 1.29 is 14.7 Å². The van der Waals surface area contributed by atoms with Gasteiger partial charge >= 0.3 is 12.0 Å². The number of hydrogen-bond acceptors (Lipinski definition) is 3. The van der Waals surface area contributed by atoms with Gasteiger partial charge in [0.05, 0.1) is 12.7 Å². The monoisotopic (exact) mass is 316 g/mol. The molecule has 0 aliphatic heterocycles. The van der Waals surface area contributed by atoms with Crippen LogP contribution in [0.15, 0.2) is 42.7 Å². The van der Waals surface area contributed by atoms with Crippen molar-refractivity contribution in [3.8, 4) is 0 Å². The van der Waals surface area contributed by atoms with Crippen LogP contribution in [0.5, 0.6) is 0 Å². The van der Waals surface area contributed by atoms with E-state index in [4.69, 9.17) is 5.11 Å².